The molecule has 172 valence electrons. The first-order chi connectivity index (χ1) is 15.4. The van der Waals surface area contributed by atoms with Gasteiger partial charge in [0.1, 0.15) is 5.75 Å². The second-order valence-electron chi connectivity index (χ2n) is 9.76. The molecule has 6 heteroatoms. The minimum absolute atomic E-state index is 0.0428. The highest BCUT2D eigenvalue weighted by molar-refractivity contribution is 5.82. The largest absolute Gasteiger partial charge is 0.491 e. The minimum Gasteiger partial charge on any atom is -0.491 e. The summed E-state index contributed by atoms with van der Waals surface area (Å²) in [6, 6.07) is 14.2. The number of hydrogen-bond donors (Lipinski definition) is 1. The predicted octanol–water partition coefficient (Wildman–Crippen LogP) is 3.47. The van der Waals surface area contributed by atoms with E-state index in [9.17, 15) is 4.79 Å². The van der Waals surface area contributed by atoms with Crippen molar-refractivity contribution in [2.75, 3.05) is 26.7 Å². The first-order valence-corrected chi connectivity index (χ1v) is 11.8. The van der Waals surface area contributed by atoms with Crippen LogP contribution in [0.25, 0.3) is 0 Å². The third kappa shape index (κ3) is 5.67. The number of ether oxygens (including phenoxy) is 1. The van der Waals surface area contributed by atoms with Gasteiger partial charge in [0.05, 0.1) is 24.4 Å². The van der Waals surface area contributed by atoms with Crippen molar-refractivity contribution in [2.45, 2.75) is 58.3 Å². The summed E-state index contributed by atoms with van der Waals surface area (Å²) in [6.07, 6.45) is 5.21. The van der Waals surface area contributed by atoms with Crippen LogP contribution in [0.4, 0.5) is 0 Å². The van der Waals surface area contributed by atoms with Crippen molar-refractivity contribution in [3.63, 3.8) is 0 Å². The van der Waals surface area contributed by atoms with Gasteiger partial charge in [0.15, 0.2) is 0 Å². The molecule has 2 aromatic rings. The number of pyridine rings is 1. The van der Waals surface area contributed by atoms with Crippen molar-refractivity contribution < 1.29 is 9.53 Å². The zero-order chi connectivity index (χ0) is 22.6. The monoisotopic (exact) mass is 436 g/mol. The number of amides is 1. The average molecular weight is 437 g/mol. The molecule has 2 aliphatic heterocycles. The fraction of sp³-hybridized carbons (Fsp3) is 0.538. The molecule has 2 aliphatic rings. The van der Waals surface area contributed by atoms with E-state index < -0.39 is 0 Å². The fourth-order valence-corrected chi connectivity index (χ4v) is 5.11. The van der Waals surface area contributed by atoms with Gasteiger partial charge < -0.3 is 10.1 Å². The summed E-state index contributed by atoms with van der Waals surface area (Å²) in [5, 5.41) is 3.09. The van der Waals surface area contributed by atoms with Crippen molar-refractivity contribution in [3.05, 3.63) is 59.9 Å². The first-order valence-electron chi connectivity index (χ1n) is 11.8. The summed E-state index contributed by atoms with van der Waals surface area (Å²) in [5.74, 6) is 1.06. The Bertz CT molecular complexity index is 876. The number of carbonyl (C=O) groups is 1. The van der Waals surface area contributed by atoms with Gasteiger partial charge in [0, 0.05) is 19.3 Å². The molecule has 1 aromatic carbocycles. The van der Waals surface area contributed by atoms with Gasteiger partial charge >= 0.3 is 0 Å². The highest BCUT2D eigenvalue weighted by Gasteiger charge is 2.46. The van der Waals surface area contributed by atoms with Gasteiger partial charge in [-0.15, -0.1) is 0 Å². The molecular weight excluding hydrogens is 400 g/mol. The van der Waals surface area contributed by atoms with Crippen LogP contribution in [0.3, 0.4) is 0 Å². The maximum atomic E-state index is 12.9. The number of benzene rings is 1. The van der Waals surface area contributed by atoms with E-state index in [2.05, 4.69) is 51.4 Å². The van der Waals surface area contributed by atoms with Gasteiger partial charge in [-0.05, 0) is 88.5 Å². The second kappa shape index (κ2) is 10.0. The fourth-order valence-electron chi connectivity index (χ4n) is 5.11. The molecule has 1 unspecified atom stereocenters. The van der Waals surface area contributed by atoms with E-state index in [0.717, 1.165) is 56.9 Å². The molecule has 6 nitrogen and oxygen atoms in total. The molecule has 1 atom stereocenters. The Balaban J connectivity index is 1.26. The smallest absolute Gasteiger partial charge is 0.237 e. The summed E-state index contributed by atoms with van der Waals surface area (Å²) in [4.78, 5) is 21.9. The average Bonchev–Trinajstić information content (AvgIpc) is 3.11. The van der Waals surface area contributed by atoms with E-state index in [4.69, 9.17) is 4.74 Å². The van der Waals surface area contributed by atoms with E-state index in [1.807, 2.05) is 32.0 Å². The Morgan fingerprint density at radius 2 is 1.94 bits per heavy atom. The van der Waals surface area contributed by atoms with E-state index in [0.29, 0.717) is 6.54 Å². The molecule has 2 fully saturated rings. The summed E-state index contributed by atoms with van der Waals surface area (Å²) < 4.78 is 5.75. The second-order valence-corrected chi connectivity index (χ2v) is 9.76. The molecule has 1 aromatic heterocycles. The zero-order valence-electron chi connectivity index (χ0n) is 19.6. The minimum atomic E-state index is -0.0428. The molecule has 0 saturated carbocycles. The lowest BCUT2D eigenvalue weighted by Gasteiger charge is -2.39. The lowest BCUT2D eigenvalue weighted by atomic mass is 9.76. The molecule has 32 heavy (non-hydrogen) atoms. The van der Waals surface area contributed by atoms with Gasteiger partial charge in [0.2, 0.25) is 5.91 Å². The van der Waals surface area contributed by atoms with Gasteiger partial charge in [-0.1, -0.05) is 18.2 Å². The van der Waals surface area contributed by atoms with Crippen LogP contribution in [-0.2, 0) is 17.9 Å². The summed E-state index contributed by atoms with van der Waals surface area (Å²) >= 11 is 0. The van der Waals surface area contributed by atoms with Crippen LogP contribution in [0.1, 0.15) is 44.4 Å². The van der Waals surface area contributed by atoms with Gasteiger partial charge in [-0.2, -0.15) is 0 Å². The number of likely N-dealkylation sites (N-methyl/N-ethyl adjacent to an activating group) is 1. The standard InChI is InChI=1S/C26H36N4O2/c1-20(2)32-23-9-7-21(8-10-23)18-30-14-11-26(12-15-30)16-24(29(3)19-26)25(31)28-17-22-6-4-5-13-27-22/h4-10,13,20,24H,11-12,14-19H2,1-3H3,(H,28,31). The molecule has 2 saturated heterocycles. The predicted molar refractivity (Wildman–Crippen MR) is 126 cm³/mol. The molecule has 0 aliphatic carbocycles. The quantitative estimate of drug-likeness (QED) is 0.720. The van der Waals surface area contributed by atoms with Crippen LogP contribution in [0, 0.1) is 5.41 Å². The van der Waals surface area contributed by atoms with Crippen molar-refractivity contribution in [1.82, 2.24) is 20.1 Å². The Kier molecular flexibility index (Phi) is 7.11. The highest BCUT2D eigenvalue weighted by atomic mass is 16.5. The number of carbonyl (C=O) groups excluding carboxylic acids is 1. The molecule has 3 heterocycles. The molecule has 0 radical (unpaired) electrons. The first kappa shape index (κ1) is 22.7. The van der Waals surface area contributed by atoms with Gasteiger partial charge in [-0.3, -0.25) is 19.6 Å². The lowest BCUT2D eigenvalue weighted by molar-refractivity contribution is -0.125. The van der Waals surface area contributed by atoms with E-state index in [1.165, 1.54) is 5.56 Å². The number of nitrogens with one attached hydrogen (secondary N) is 1. The van der Waals surface area contributed by atoms with E-state index in [1.54, 1.807) is 6.20 Å². The van der Waals surface area contributed by atoms with Crippen molar-refractivity contribution >= 4 is 5.91 Å². The number of aromatic nitrogens is 1. The van der Waals surface area contributed by atoms with Crippen LogP contribution < -0.4 is 10.1 Å². The maximum absolute atomic E-state index is 12.9. The third-order valence-electron chi connectivity index (χ3n) is 6.83. The van der Waals surface area contributed by atoms with Gasteiger partial charge in [-0.25, -0.2) is 0 Å². The van der Waals surface area contributed by atoms with Crippen LogP contribution >= 0.6 is 0 Å². The Labute approximate surface area is 192 Å². The van der Waals surface area contributed by atoms with Crippen LogP contribution in [0.15, 0.2) is 48.7 Å². The SMILES string of the molecule is CC(C)Oc1ccc(CN2CCC3(CC2)CC(C(=O)NCc2ccccn2)N(C)C3)cc1. The number of hydrogen-bond acceptors (Lipinski definition) is 5. The Hall–Kier alpha value is -2.44. The maximum Gasteiger partial charge on any atom is 0.237 e. The van der Waals surface area contributed by atoms with Crippen molar-refractivity contribution in [3.8, 4) is 5.75 Å². The molecule has 0 bridgehead atoms. The van der Waals surface area contributed by atoms with E-state index in [-0.39, 0.29) is 23.5 Å². The molecular formula is C26H36N4O2. The number of likely N-dealkylation sites (tertiary alicyclic amines) is 2. The topological polar surface area (TPSA) is 57.7 Å². The van der Waals surface area contributed by atoms with Crippen LogP contribution in [0.5, 0.6) is 5.75 Å². The molecule has 4 rings (SSSR count). The zero-order valence-corrected chi connectivity index (χ0v) is 19.6. The van der Waals surface area contributed by atoms with E-state index >= 15 is 0 Å². The lowest BCUT2D eigenvalue weighted by Crippen LogP contribution is -2.41. The number of piperidine rings is 1. The number of nitrogens with zero attached hydrogens (tertiary/aromatic N) is 3. The summed E-state index contributed by atoms with van der Waals surface area (Å²) in [7, 11) is 2.09. The Morgan fingerprint density at radius 1 is 1.19 bits per heavy atom. The molecule has 1 spiro atoms. The normalized spacial score (nSPS) is 21.2. The summed E-state index contributed by atoms with van der Waals surface area (Å²) in [5.41, 5.74) is 2.48. The molecule has 1 N–H and O–H groups in total. The molecule has 1 amide bonds. The van der Waals surface area contributed by atoms with Crippen molar-refractivity contribution in [1.29, 1.82) is 0 Å². The van der Waals surface area contributed by atoms with Crippen LogP contribution in [-0.4, -0.2) is 59.5 Å². The van der Waals surface area contributed by atoms with Crippen LogP contribution in [0.2, 0.25) is 0 Å². The summed E-state index contributed by atoms with van der Waals surface area (Å²) in [6.45, 7) is 8.73. The van der Waals surface area contributed by atoms with Crippen molar-refractivity contribution in [2.24, 2.45) is 5.41 Å². The Morgan fingerprint density at radius 3 is 2.59 bits per heavy atom. The highest BCUT2D eigenvalue weighted by Crippen LogP contribution is 2.43. The number of rotatable bonds is 7. The third-order valence-corrected chi connectivity index (χ3v) is 6.83. The van der Waals surface area contributed by atoms with Gasteiger partial charge in [0.25, 0.3) is 0 Å².